The molecule has 1 aromatic heterocycles. The summed E-state index contributed by atoms with van der Waals surface area (Å²) in [5.41, 5.74) is 3.56. The average Bonchev–Trinajstić information content (AvgIpc) is 3.03. The van der Waals surface area contributed by atoms with Crippen LogP contribution in [-0.2, 0) is 17.6 Å². The van der Waals surface area contributed by atoms with Gasteiger partial charge in [0.2, 0.25) is 0 Å². The molecule has 146 valence electrons. The number of para-hydroxylation sites is 1. The first-order valence-electron chi connectivity index (χ1n) is 9.48. The van der Waals surface area contributed by atoms with E-state index in [0.29, 0.717) is 0 Å². The highest BCUT2D eigenvalue weighted by Crippen LogP contribution is 2.19. The van der Waals surface area contributed by atoms with Crippen LogP contribution in [0.4, 0.5) is 11.5 Å². The number of carbonyl (C=O) groups is 1. The lowest BCUT2D eigenvalue weighted by atomic mass is 10.1. The molecule has 0 spiro atoms. The molecule has 4 rings (SSSR count). The Balaban J connectivity index is 0.000000660. The van der Waals surface area contributed by atoms with E-state index < -0.39 is 0 Å². The standard InChI is InChI=1S/C20H22N4.C2H4.CH2O/c1-2-12-22-19-15(5-1)6-3-8-18(19)21-14-11-17-10-9-16-7-4-13-23-20(16)24-17;2*1-2/h2-3,5-6,8-10,12,21H,1,4,7,11,13-14H2,(H,23,24);1-2H2;1H2. The number of aryl methyl sites for hydroxylation is 1. The van der Waals surface area contributed by atoms with E-state index in [1.807, 2.05) is 13.0 Å². The van der Waals surface area contributed by atoms with Crippen LogP contribution in [0.25, 0.3) is 6.08 Å². The number of rotatable bonds is 4. The van der Waals surface area contributed by atoms with Crippen LogP contribution < -0.4 is 21.2 Å². The van der Waals surface area contributed by atoms with Crippen LogP contribution in [0.15, 0.2) is 60.8 Å². The minimum Gasteiger partial charge on any atom is -0.383 e. The number of aromatic nitrogens is 1. The summed E-state index contributed by atoms with van der Waals surface area (Å²) in [4.78, 5) is 17.3. The molecule has 0 aliphatic carbocycles. The fourth-order valence-corrected chi connectivity index (χ4v) is 3.23. The van der Waals surface area contributed by atoms with Gasteiger partial charge in [-0.25, -0.2) is 4.98 Å². The number of anilines is 2. The average molecular weight is 377 g/mol. The maximum Gasteiger partial charge on any atom is 0.129 e. The van der Waals surface area contributed by atoms with Crippen LogP contribution in [0.5, 0.6) is 0 Å². The van der Waals surface area contributed by atoms with Gasteiger partial charge in [0.25, 0.3) is 0 Å². The molecule has 28 heavy (non-hydrogen) atoms. The molecule has 5 nitrogen and oxygen atoms in total. The number of hydrogen-bond donors (Lipinski definition) is 2. The third-order valence-electron chi connectivity index (χ3n) is 4.50. The van der Waals surface area contributed by atoms with Crippen LogP contribution in [0, 0.1) is 0 Å². The Morgan fingerprint density at radius 3 is 2.86 bits per heavy atom. The van der Waals surface area contributed by atoms with Gasteiger partial charge in [0.15, 0.2) is 0 Å². The van der Waals surface area contributed by atoms with Crippen molar-refractivity contribution in [2.75, 3.05) is 23.7 Å². The van der Waals surface area contributed by atoms with E-state index in [4.69, 9.17) is 9.78 Å². The van der Waals surface area contributed by atoms with Crippen LogP contribution in [0.1, 0.15) is 24.1 Å². The van der Waals surface area contributed by atoms with Gasteiger partial charge in [-0.1, -0.05) is 30.4 Å². The molecule has 0 atom stereocenters. The molecule has 2 aliphatic heterocycles. The van der Waals surface area contributed by atoms with Gasteiger partial charge in [0.1, 0.15) is 12.6 Å². The molecule has 2 aliphatic rings. The first-order chi connectivity index (χ1) is 13.9. The Labute approximate surface area is 166 Å². The number of hydrogen-bond acceptors (Lipinski definition) is 5. The molecule has 0 fully saturated rings. The molecule has 0 amide bonds. The zero-order chi connectivity index (χ0) is 20.2. The summed E-state index contributed by atoms with van der Waals surface area (Å²) in [7, 11) is 0. The van der Waals surface area contributed by atoms with E-state index in [-0.39, 0.29) is 0 Å². The predicted octanol–water partition coefficient (Wildman–Crippen LogP) is 3.03. The molecule has 0 radical (unpaired) electrons. The first-order valence-corrected chi connectivity index (χ1v) is 9.48. The molecule has 3 heterocycles. The maximum atomic E-state index is 8.00. The molecular formula is C23H28N4O. The summed E-state index contributed by atoms with van der Waals surface area (Å²) in [5, 5.41) is 9.15. The predicted molar refractivity (Wildman–Crippen MR) is 117 cm³/mol. The number of benzene rings is 1. The van der Waals surface area contributed by atoms with Crippen molar-refractivity contribution in [3.63, 3.8) is 0 Å². The Hall–Kier alpha value is -3.21. The van der Waals surface area contributed by atoms with E-state index in [9.17, 15) is 0 Å². The van der Waals surface area contributed by atoms with Crippen molar-refractivity contribution in [1.82, 2.24) is 4.98 Å². The lowest BCUT2D eigenvalue weighted by Crippen LogP contribution is -2.28. The van der Waals surface area contributed by atoms with E-state index in [1.165, 1.54) is 17.2 Å². The largest absolute Gasteiger partial charge is 0.383 e. The van der Waals surface area contributed by atoms with Gasteiger partial charge in [-0.05, 0) is 42.2 Å². The summed E-state index contributed by atoms with van der Waals surface area (Å²) >= 11 is 0. The first kappa shape index (κ1) is 21.1. The van der Waals surface area contributed by atoms with Crippen LogP contribution >= 0.6 is 0 Å². The number of carbonyl (C=O) groups excluding carboxylic acids is 1. The second-order valence-corrected chi connectivity index (χ2v) is 6.21. The Morgan fingerprint density at radius 1 is 1.14 bits per heavy atom. The summed E-state index contributed by atoms with van der Waals surface area (Å²) in [6.45, 7) is 9.88. The number of fused-ring (bicyclic) bond motifs is 2. The summed E-state index contributed by atoms with van der Waals surface area (Å²) in [6.07, 6.45) is 10.4. The van der Waals surface area contributed by atoms with Gasteiger partial charge in [-0.3, -0.25) is 4.99 Å². The fourth-order valence-electron chi connectivity index (χ4n) is 3.23. The molecular weight excluding hydrogens is 348 g/mol. The van der Waals surface area contributed by atoms with Crippen molar-refractivity contribution in [3.05, 3.63) is 77.6 Å². The summed E-state index contributed by atoms with van der Waals surface area (Å²) in [5.74, 6) is 1.07. The Bertz CT molecular complexity index is 919. The van der Waals surface area contributed by atoms with Gasteiger partial charge >= 0.3 is 0 Å². The van der Waals surface area contributed by atoms with Crippen LogP contribution in [0.2, 0.25) is 0 Å². The van der Waals surface area contributed by atoms with Gasteiger partial charge in [0, 0.05) is 31.4 Å². The van der Waals surface area contributed by atoms with Gasteiger partial charge in [-0.15, -0.1) is 13.2 Å². The van der Waals surface area contributed by atoms with Crippen LogP contribution in [-0.4, -0.2) is 24.9 Å². The lowest BCUT2D eigenvalue weighted by Gasteiger charge is -2.17. The van der Waals surface area contributed by atoms with Crippen molar-refractivity contribution in [2.45, 2.75) is 25.7 Å². The number of nitrogens with zero attached hydrogens (tertiary/aromatic N) is 2. The molecule has 1 aromatic carbocycles. The summed E-state index contributed by atoms with van der Waals surface area (Å²) < 4.78 is 0. The molecule has 0 saturated heterocycles. The van der Waals surface area contributed by atoms with Crippen molar-refractivity contribution in [3.8, 4) is 0 Å². The second kappa shape index (κ2) is 11.5. The molecule has 0 unspecified atom stereocenters. The van der Waals surface area contributed by atoms with E-state index in [1.54, 1.807) is 0 Å². The lowest BCUT2D eigenvalue weighted by molar-refractivity contribution is -0.0979. The zero-order valence-electron chi connectivity index (χ0n) is 16.3. The Morgan fingerprint density at radius 2 is 2.00 bits per heavy atom. The number of nitrogens with one attached hydrogen (secondary N) is 2. The highest BCUT2D eigenvalue weighted by Gasteiger charge is 2.10. The molecule has 5 heteroatoms. The third kappa shape index (κ3) is 5.39. The highest BCUT2D eigenvalue weighted by atomic mass is 16.1. The minimum absolute atomic E-state index is 0.849. The van der Waals surface area contributed by atoms with Crippen molar-refractivity contribution in [1.29, 1.82) is 0 Å². The zero-order valence-corrected chi connectivity index (χ0v) is 16.3. The minimum atomic E-state index is 0.849. The van der Waals surface area contributed by atoms with E-state index in [2.05, 4.69) is 71.3 Å². The fraction of sp³-hybridized carbons (Fsp3) is 0.261. The quantitative estimate of drug-likeness (QED) is 0.805. The summed E-state index contributed by atoms with van der Waals surface area (Å²) in [6, 6.07) is 10.7. The monoisotopic (exact) mass is 376 g/mol. The normalized spacial score (nSPS) is 13.3. The molecule has 0 saturated carbocycles. The van der Waals surface area contributed by atoms with Gasteiger partial charge < -0.3 is 15.4 Å². The number of allylic oxidation sites excluding steroid dienone is 1. The molecule has 2 N–H and O–H groups in total. The topological polar surface area (TPSA) is 66.4 Å². The van der Waals surface area contributed by atoms with Crippen LogP contribution in [0.3, 0.4) is 0 Å². The second-order valence-electron chi connectivity index (χ2n) is 6.21. The third-order valence-corrected chi connectivity index (χ3v) is 4.50. The highest BCUT2D eigenvalue weighted by molar-refractivity contribution is 5.48. The molecule has 0 bridgehead atoms. The van der Waals surface area contributed by atoms with Gasteiger partial charge in [-0.2, -0.15) is 0 Å². The maximum absolute atomic E-state index is 8.00. The van der Waals surface area contributed by atoms with Crippen molar-refractivity contribution < 1.29 is 4.79 Å². The van der Waals surface area contributed by atoms with E-state index in [0.717, 1.165) is 54.9 Å². The molecule has 2 aromatic rings. The van der Waals surface area contributed by atoms with Crippen molar-refractivity contribution >= 4 is 24.4 Å². The van der Waals surface area contributed by atoms with Crippen molar-refractivity contribution in [2.24, 2.45) is 4.99 Å². The van der Waals surface area contributed by atoms with E-state index >= 15 is 0 Å². The Kier molecular flexibility index (Phi) is 8.66. The smallest absolute Gasteiger partial charge is 0.129 e. The SMILES string of the molecule is C1=CN=c2c(NCCc3ccc4c(n3)NCCC4)cccc2=CC1.C=C.C=O. The number of pyridine rings is 1. The van der Waals surface area contributed by atoms with Gasteiger partial charge in [0.05, 0.1) is 11.0 Å².